The molecule has 3 N–H and O–H groups in total. The molecule has 58 valence electrons. The van der Waals surface area contributed by atoms with Gasteiger partial charge in [-0.1, -0.05) is 0 Å². The summed E-state index contributed by atoms with van der Waals surface area (Å²) in [6.07, 6.45) is 0. The van der Waals surface area contributed by atoms with Crippen LogP contribution in [0.2, 0.25) is 0 Å². The molecule has 0 spiro atoms. The summed E-state index contributed by atoms with van der Waals surface area (Å²) in [7, 11) is 3.32. The second kappa shape index (κ2) is 4.60. The van der Waals surface area contributed by atoms with Crippen LogP contribution in [0.1, 0.15) is 6.92 Å². The summed E-state index contributed by atoms with van der Waals surface area (Å²) in [6, 6.07) is 0. The van der Waals surface area contributed by atoms with Gasteiger partial charge in [-0.15, -0.1) is 0 Å². The molecule has 0 saturated carbocycles. The first-order valence-corrected chi connectivity index (χ1v) is 2.87. The van der Waals surface area contributed by atoms with E-state index in [1.54, 1.807) is 14.1 Å². The predicted molar refractivity (Wildman–Crippen MR) is 39.4 cm³/mol. The van der Waals surface area contributed by atoms with Crippen LogP contribution in [-0.2, 0) is 4.79 Å². The van der Waals surface area contributed by atoms with Gasteiger partial charge in [0.1, 0.15) is 0 Å². The van der Waals surface area contributed by atoms with E-state index in [1.807, 2.05) is 0 Å². The topological polar surface area (TPSA) is 65.5 Å². The van der Waals surface area contributed by atoms with Gasteiger partial charge >= 0.3 is 0 Å². The van der Waals surface area contributed by atoms with E-state index in [0.29, 0.717) is 5.96 Å². The Morgan fingerprint density at radius 2 is 2.00 bits per heavy atom. The molecule has 0 radical (unpaired) electrons. The number of guanidine groups is 1. The van der Waals surface area contributed by atoms with Gasteiger partial charge in [-0.2, -0.15) is 0 Å². The highest BCUT2D eigenvalue weighted by atomic mass is 16.2. The van der Waals surface area contributed by atoms with Crippen molar-refractivity contribution in [3.63, 3.8) is 0 Å². The van der Waals surface area contributed by atoms with Gasteiger partial charge < -0.3 is 5.32 Å². The number of nitrogens with one attached hydrogen (secondary N) is 3. The van der Waals surface area contributed by atoms with Crippen molar-refractivity contribution in [2.45, 2.75) is 6.92 Å². The second-order valence-electron chi connectivity index (χ2n) is 1.63. The number of amides is 1. The molecule has 1 amide bonds. The Morgan fingerprint density at radius 1 is 1.40 bits per heavy atom. The molecule has 0 saturated heterocycles. The quantitative estimate of drug-likeness (QED) is 0.228. The van der Waals surface area contributed by atoms with Gasteiger partial charge in [0, 0.05) is 21.0 Å². The molecule has 0 aliphatic heterocycles. The molecule has 5 heteroatoms. The average molecular weight is 144 g/mol. The van der Waals surface area contributed by atoms with Gasteiger partial charge in [0.25, 0.3) is 0 Å². The Hall–Kier alpha value is -1.26. The normalized spacial score (nSPS) is 10.5. The van der Waals surface area contributed by atoms with E-state index >= 15 is 0 Å². The molecule has 0 unspecified atom stereocenters. The predicted octanol–water partition coefficient (Wildman–Crippen LogP) is -1.17. The summed E-state index contributed by atoms with van der Waals surface area (Å²) in [5.74, 6) is 0.367. The third kappa shape index (κ3) is 3.71. The molecule has 0 fully saturated rings. The second-order valence-corrected chi connectivity index (χ2v) is 1.63. The fourth-order valence-corrected chi connectivity index (χ4v) is 0.377. The summed E-state index contributed by atoms with van der Waals surface area (Å²) < 4.78 is 0. The molecule has 0 atom stereocenters. The minimum atomic E-state index is -0.156. The third-order valence-electron chi connectivity index (χ3n) is 0.817. The molecule has 0 aliphatic rings. The number of nitrogens with zero attached hydrogens (tertiary/aromatic N) is 1. The van der Waals surface area contributed by atoms with Crippen LogP contribution in [0.25, 0.3) is 0 Å². The van der Waals surface area contributed by atoms with Gasteiger partial charge in [0.2, 0.25) is 11.9 Å². The molecule has 0 aromatic heterocycles. The van der Waals surface area contributed by atoms with E-state index in [9.17, 15) is 4.79 Å². The summed E-state index contributed by atoms with van der Waals surface area (Å²) in [4.78, 5) is 14.1. The van der Waals surface area contributed by atoms with Gasteiger partial charge in [0.15, 0.2) is 0 Å². The number of hydrogen-bond donors (Lipinski definition) is 3. The molecular formula is C5H12N4O. The first-order valence-electron chi connectivity index (χ1n) is 2.87. The minimum absolute atomic E-state index is 0.156. The van der Waals surface area contributed by atoms with Crippen LogP contribution in [-0.4, -0.2) is 26.0 Å². The van der Waals surface area contributed by atoms with Crippen LogP contribution >= 0.6 is 0 Å². The lowest BCUT2D eigenvalue weighted by molar-refractivity contribution is -0.119. The zero-order valence-electron chi connectivity index (χ0n) is 6.36. The average Bonchev–Trinajstić information content (AvgIpc) is 1.90. The van der Waals surface area contributed by atoms with Gasteiger partial charge in [0.05, 0.1) is 0 Å². The van der Waals surface area contributed by atoms with Crippen molar-refractivity contribution in [2.75, 3.05) is 14.1 Å². The van der Waals surface area contributed by atoms with E-state index in [-0.39, 0.29) is 5.91 Å². The van der Waals surface area contributed by atoms with Gasteiger partial charge in [-0.3, -0.25) is 20.6 Å². The highest BCUT2D eigenvalue weighted by Gasteiger charge is 1.91. The molecule has 10 heavy (non-hydrogen) atoms. The maximum atomic E-state index is 10.3. The monoisotopic (exact) mass is 144 g/mol. The number of aliphatic imine (C=N–C) groups is 1. The fraction of sp³-hybridized carbons (Fsp3) is 0.600. The Bertz CT molecular complexity index is 143. The third-order valence-corrected chi connectivity index (χ3v) is 0.817. The molecule has 5 nitrogen and oxygen atoms in total. The van der Waals surface area contributed by atoms with E-state index < -0.39 is 0 Å². The summed E-state index contributed by atoms with van der Waals surface area (Å²) in [5.41, 5.74) is 4.92. The Kier molecular flexibility index (Phi) is 4.02. The van der Waals surface area contributed by atoms with Crippen LogP contribution < -0.4 is 16.2 Å². The van der Waals surface area contributed by atoms with Gasteiger partial charge in [-0.25, -0.2) is 0 Å². The fourth-order valence-electron chi connectivity index (χ4n) is 0.377. The van der Waals surface area contributed by atoms with E-state index in [0.717, 1.165) is 0 Å². The first kappa shape index (κ1) is 8.74. The highest BCUT2D eigenvalue weighted by Crippen LogP contribution is 1.59. The van der Waals surface area contributed by atoms with Crippen LogP contribution in [0.3, 0.4) is 0 Å². The maximum Gasteiger partial charge on any atom is 0.235 e. The molecule has 0 aromatic carbocycles. The summed E-state index contributed by atoms with van der Waals surface area (Å²) in [5, 5.41) is 2.73. The molecule has 0 aliphatic carbocycles. The van der Waals surface area contributed by atoms with Crippen molar-refractivity contribution in [2.24, 2.45) is 4.99 Å². The molecular weight excluding hydrogens is 132 g/mol. The van der Waals surface area contributed by atoms with Crippen molar-refractivity contribution < 1.29 is 4.79 Å². The van der Waals surface area contributed by atoms with Crippen molar-refractivity contribution >= 4 is 11.9 Å². The SMILES string of the molecule is CN=C(NC)NNC(C)=O. The highest BCUT2D eigenvalue weighted by molar-refractivity contribution is 5.82. The lowest BCUT2D eigenvalue weighted by atomic mass is 10.8. The number of rotatable bonds is 0. The number of carbonyl (C=O) groups excluding carboxylic acids is 1. The van der Waals surface area contributed by atoms with Crippen molar-refractivity contribution in [3.05, 3.63) is 0 Å². The first-order chi connectivity index (χ1) is 4.70. The molecule has 0 aromatic rings. The number of carbonyl (C=O) groups is 1. The summed E-state index contributed by atoms with van der Waals surface area (Å²) in [6.45, 7) is 1.41. The Labute approximate surface area is 59.9 Å². The minimum Gasteiger partial charge on any atom is -0.358 e. The largest absolute Gasteiger partial charge is 0.358 e. The number of hydrazine groups is 1. The van der Waals surface area contributed by atoms with Crippen molar-refractivity contribution in [1.29, 1.82) is 0 Å². The standard InChI is InChI=1S/C5H12N4O/c1-4(10)8-9-5(6-2)7-3/h1-3H3,(H,8,10)(H2,6,7,9). The Morgan fingerprint density at radius 3 is 2.30 bits per heavy atom. The van der Waals surface area contributed by atoms with Crippen molar-refractivity contribution in [1.82, 2.24) is 16.2 Å². The smallest absolute Gasteiger partial charge is 0.235 e. The van der Waals surface area contributed by atoms with E-state index in [4.69, 9.17) is 0 Å². The van der Waals surface area contributed by atoms with E-state index in [2.05, 4.69) is 21.2 Å². The van der Waals surface area contributed by atoms with E-state index in [1.165, 1.54) is 6.92 Å². The van der Waals surface area contributed by atoms with Gasteiger partial charge in [-0.05, 0) is 0 Å². The molecule has 0 rings (SSSR count). The lowest BCUT2D eigenvalue weighted by Crippen LogP contribution is -2.45. The van der Waals surface area contributed by atoms with Crippen molar-refractivity contribution in [3.8, 4) is 0 Å². The van der Waals surface area contributed by atoms with Crippen LogP contribution in [0.15, 0.2) is 4.99 Å². The van der Waals surface area contributed by atoms with Crippen LogP contribution in [0.4, 0.5) is 0 Å². The lowest BCUT2D eigenvalue weighted by Gasteiger charge is -2.06. The summed E-state index contributed by atoms with van der Waals surface area (Å²) >= 11 is 0. The zero-order chi connectivity index (χ0) is 7.98. The molecule has 0 heterocycles. The Balaban J connectivity index is 3.56. The van der Waals surface area contributed by atoms with Crippen LogP contribution in [0.5, 0.6) is 0 Å². The zero-order valence-corrected chi connectivity index (χ0v) is 6.36. The molecule has 0 bridgehead atoms. The maximum absolute atomic E-state index is 10.3. The van der Waals surface area contributed by atoms with Crippen LogP contribution in [0, 0.1) is 0 Å². The number of hydrogen-bond acceptors (Lipinski definition) is 2.